The van der Waals surface area contributed by atoms with Crippen LogP contribution in [0.15, 0.2) is 84.9 Å². The number of H-pyrrole nitrogens is 2. The molecule has 16 rings (SSSR count). The Morgan fingerprint density at radius 3 is 0.887 bits per heavy atom. The number of carbonyl (C=O) groups is 7. The van der Waals surface area contributed by atoms with Crippen LogP contribution in [0.2, 0.25) is 0 Å². The quantitative estimate of drug-likeness (QED) is 0.0631. The van der Waals surface area contributed by atoms with Gasteiger partial charge in [0.1, 0.15) is 61.5 Å². The summed E-state index contributed by atoms with van der Waals surface area (Å²) in [5.41, 5.74) is 3.37. The number of rotatable bonds is 14. The van der Waals surface area contributed by atoms with E-state index < -0.39 is 62.3 Å². The predicted molar refractivity (Wildman–Crippen MR) is 493 cm³/mol. The number of carbonyl (C=O) groups excluding carboxylic acids is 17. The number of hydrogen-bond donors (Lipinski definition) is 5. The summed E-state index contributed by atoms with van der Waals surface area (Å²) in [6.07, 6.45) is 32.4. The summed E-state index contributed by atoms with van der Waals surface area (Å²) in [7, 11) is 7.26. The van der Waals surface area contributed by atoms with E-state index in [2.05, 4.69) is 112 Å². The van der Waals surface area contributed by atoms with E-state index in [0.29, 0.717) is 79.5 Å². The number of amides is 7. The molecular formula is C94H123BrN24O22. The molecule has 0 unspecified atom stereocenters. The number of halogens is 1. The molecule has 2 aliphatic heterocycles. The summed E-state index contributed by atoms with van der Waals surface area (Å²) < 4.78 is 27.7. The van der Waals surface area contributed by atoms with Gasteiger partial charge in [0, 0.05) is 144 Å². The molecule has 141 heavy (non-hydrogen) atoms. The van der Waals surface area contributed by atoms with E-state index in [0.717, 1.165) is 132 Å². The molecule has 6 saturated carbocycles. The van der Waals surface area contributed by atoms with Crippen LogP contribution >= 0.6 is 15.9 Å². The maximum atomic E-state index is 13.4. The lowest BCUT2D eigenvalue weighted by Gasteiger charge is -2.31. The minimum Gasteiger partial charge on any atom is -0.444 e. The third-order valence-corrected chi connectivity index (χ3v) is 22.4. The topological polar surface area (TPSA) is 601 Å². The number of nitrogens with one attached hydrogen (secondary N) is 5. The Hall–Kier alpha value is -14.5. The molecule has 758 valence electrons. The molecule has 0 saturated heterocycles. The van der Waals surface area contributed by atoms with Crippen LogP contribution in [0.1, 0.15) is 282 Å². The lowest BCUT2D eigenvalue weighted by molar-refractivity contribution is -0.193. The van der Waals surface area contributed by atoms with E-state index in [1.165, 1.54) is 0 Å². The lowest BCUT2D eigenvalue weighted by Crippen LogP contribution is -2.41. The van der Waals surface area contributed by atoms with E-state index in [1.54, 1.807) is 114 Å². The molecule has 6 aliphatic carbocycles. The Morgan fingerprint density at radius 2 is 0.624 bits per heavy atom. The van der Waals surface area contributed by atoms with Gasteiger partial charge in [0.25, 0.3) is 11.8 Å². The van der Waals surface area contributed by atoms with Gasteiger partial charge in [0.2, 0.25) is 0 Å². The zero-order valence-corrected chi connectivity index (χ0v) is 85.2. The average molecular weight is 2020 g/mol. The van der Waals surface area contributed by atoms with Crippen molar-refractivity contribution in [2.24, 2.45) is 0 Å². The second-order valence-electron chi connectivity index (χ2n) is 39.0. The van der Waals surface area contributed by atoms with E-state index in [4.69, 9.17) is 71.6 Å². The summed E-state index contributed by atoms with van der Waals surface area (Å²) in [4.78, 5) is 229. The van der Waals surface area contributed by atoms with E-state index >= 15 is 0 Å². The van der Waals surface area contributed by atoms with Crippen LogP contribution in [0.25, 0.3) is 0 Å². The van der Waals surface area contributed by atoms with Crippen molar-refractivity contribution in [1.29, 1.82) is 0 Å². The van der Waals surface area contributed by atoms with Gasteiger partial charge in [-0.05, 0) is 260 Å². The molecule has 0 aromatic carbocycles. The molecule has 0 spiro atoms. The van der Waals surface area contributed by atoms with Gasteiger partial charge >= 0.3 is 61.2 Å². The summed E-state index contributed by atoms with van der Waals surface area (Å²) in [5, 5.41) is 23.5. The first-order chi connectivity index (χ1) is 66.0. The van der Waals surface area contributed by atoms with Gasteiger partial charge in [0.15, 0.2) is 40.5 Å². The minimum absolute atomic E-state index is 0.105. The van der Waals surface area contributed by atoms with Crippen LogP contribution in [0, 0.1) is 27.7 Å². The number of aryl methyl sites for hydroxylation is 4. The number of aromatic amines is 2. The average Bonchev–Trinajstić information content (AvgIpc) is 1.59. The molecule has 0 bridgehead atoms. The first kappa shape index (κ1) is 115. The van der Waals surface area contributed by atoms with E-state index in [-0.39, 0.29) is 71.9 Å². The third-order valence-electron chi connectivity index (χ3n) is 22.0. The fourth-order valence-electron chi connectivity index (χ4n) is 14.0. The predicted octanol–water partition coefficient (Wildman–Crippen LogP) is 10.6. The molecule has 46 nitrogen and oxygen atoms in total. The maximum Gasteiger partial charge on any atom is 0.410 e. The summed E-state index contributed by atoms with van der Waals surface area (Å²) in [6, 6.07) is 1.76. The highest BCUT2D eigenvalue weighted by molar-refractivity contribution is 9.10. The fraction of sp³-hybridized carbons (Fsp3) is 0.553. The molecule has 8 aliphatic rings. The molecule has 0 radical (unpaired) electrons. The largest absolute Gasteiger partial charge is 0.444 e. The molecule has 8 aromatic rings. The van der Waals surface area contributed by atoms with Gasteiger partial charge in [0.05, 0.1) is 23.1 Å². The van der Waals surface area contributed by atoms with Gasteiger partial charge < -0.3 is 59.2 Å². The molecule has 47 heteroatoms. The van der Waals surface area contributed by atoms with Crippen LogP contribution in [0.5, 0.6) is 0 Å². The monoisotopic (exact) mass is 2020 g/mol. The first-order valence-electron chi connectivity index (χ1n) is 44.7. The highest BCUT2D eigenvalue weighted by Gasteiger charge is 2.57. The Labute approximate surface area is 823 Å². The van der Waals surface area contributed by atoms with Gasteiger partial charge in [-0.2, -0.15) is 58.1 Å². The number of aromatic nitrogens is 16. The summed E-state index contributed by atoms with van der Waals surface area (Å²) in [6.45, 7) is 37.1. The number of alkyl carbamates (subject to hydrolysis) is 2. The van der Waals surface area contributed by atoms with Crippen molar-refractivity contribution >= 4 is 89.0 Å². The minimum atomic E-state index is -0.570. The molecule has 10 heterocycles. The molecule has 0 atom stereocenters. The third kappa shape index (κ3) is 34.0. The summed E-state index contributed by atoms with van der Waals surface area (Å²) in [5.74, 6) is 3.86. The normalized spacial score (nSPS) is 15.8. The number of hydrogen-bond acceptors (Lipinski definition) is 37. The van der Waals surface area contributed by atoms with Crippen molar-refractivity contribution in [2.75, 3.05) is 41.3 Å². The van der Waals surface area contributed by atoms with Gasteiger partial charge in [-0.25, -0.2) is 83.8 Å². The molecule has 5 N–H and O–H groups in total. The van der Waals surface area contributed by atoms with Crippen molar-refractivity contribution in [3.63, 3.8) is 0 Å². The van der Waals surface area contributed by atoms with Gasteiger partial charge in [-0.15, -0.1) is 0 Å². The number of nitrogens with zero attached hydrogens (tertiary/aromatic N) is 19. The van der Waals surface area contributed by atoms with Crippen LogP contribution in [-0.2, 0) is 131 Å². The molecule has 7 amide bonds. The van der Waals surface area contributed by atoms with Crippen molar-refractivity contribution < 1.29 is 105 Å². The van der Waals surface area contributed by atoms with E-state index in [1.807, 2.05) is 151 Å². The fourth-order valence-corrected chi connectivity index (χ4v) is 14.2. The molecule has 8 aromatic heterocycles. The second-order valence-corrected chi connectivity index (χ2v) is 39.9. The highest BCUT2D eigenvalue weighted by Crippen LogP contribution is 2.52. The molecular weight excluding hydrogens is 1900 g/mol. The Morgan fingerprint density at radius 1 is 0.369 bits per heavy atom. The molecule has 6 fully saturated rings. The van der Waals surface area contributed by atoms with Crippen molar-refractivity contribution in [3.05, 3.63) is 176 Å². The van der Waals surface area contributed by atoms with Crippen molar-refractivity contribution in [1.82, 2.24) is 121 Å². The SMILES string of the molecule is CC(C)(C)OC(=O)NC1(c2ncc(Br)cn2)CC1.CN(C(=O)c1n[nH]c2c1CN(C(=O)OC(C)(C)C)CC2)C1(c2ncccn2)CC1.CNC1(c2ncc(C)cn2)CC1.Cc1cnc(C2(N(C)C(=O)OC(C)(C)C)CC2)nc1.Cc1cnc(C2(N(C)C(=O)c3n[nH]c4c3CN(C(=O)OC(C)(C)C)CC4)CC2)nc1.Cc1cnc(C2(NC(=O)OC(C)(C)C)CC2)nc1.O=C=O.O=C=O.O=C=O.O=C=O.O=C=O. The Bertz CT molecular complexity index is 5570. The Balaban J connectivity index is 0.000000256. The number of fused-ring (bicyclic) bond motifs is 2. The van der Waals surface area contributed by atoms with Crippen molar-refractivity contribution in [2.45, 2.75) is 296 Å². The maximum absolute atomic E-state index is 13.4. The van der Waals surface area contributed by atoms with Crippen LogP contribution in [-0.4, -0.2) is 247 Å². The number of ether oxygens (including phenoxy) is 5. The zero-order valence-electron chi connectivity index (χ0n) is 83.6. The van der Waals surface area contributed by atoms with Crippen LogP contribution in [0.4, 0.5) is 24.0 Å². The zero-order chi connectivity index (χ0) is 106. The van der Waals surface area contributed by atoms with Gasteiger partial charge in [-0.1, -0.05) is 0 Å². The van der Waals surface area contributed by atoms with Crippen LogP contribution < -0.4 is 16.0 Å². The first-order valence-corrected chi connectivity index (χ1v) is 45.5. The summed E-state index contributed by atoms with van der Waals surface area (Å²) >= 11 is 3.29. The smallest absolute Gasteiger partial charge is 0.410 e. The standard InChI is InChI=1S/C21H28N6O3.C20H26N6O3.C14H21N3O2.C13H19N3O2.C12H16BrN3O2.C9H13N3.5CO2/c1-13-10-22-18(23-11-13)21(7-8-21)26(5)17(28)16-14-12-27(9-6-15(14)24-25-16)19(29)30-20(2,3)4;1-19(2,3)29-18(28)26-11-6-14-13(12-26)15(24-23-14)16(27)25(4)20(7-8-20)17-21-9-5-10-22-17;1-10-8-15-11(16-9-10)14(6-7-14)17(5)12(18)19-13(2,3)4;1-9-7-14-10(15-8-9)13(5-6-13)16-11(17)18-12(2,3)4;1-11(2,3)18-10(17)16-12(4-5-12)9-14-6-8(13)7-15-9;1-7-5-11-8(12-6-7)9(10-2)3-4-9;5*2-1-3/h10-11H,6-9,12H2,1-5H3,(H,24,25);5,9-10H,6-8,11-12H2,1-4H3,(H,23,24);8-9H,6-7H2,1-5H3;7-8H,5-6H2,1-4H3,(H,16,17);6-7H,4-5H2,1-3H3,(H,16,17);5-6,10H,3-4H2,1-2H3;;;;;. The second kappa shape index (κ2) is 49.4. The lowest BCUT2D eigenvalue weighted by atomic mass is 10.0. The highest BCUT2D eigenvalue weighted by atomic mass is 79.9. The van der Waals surface area contributed by atoms with Crippen LogP contribution in [0.3, 0.4) is 0 Å². The van der Waals surface area contributed by atoms with Crippen molar-refractivity contribution in [3.8, 4) is 0 Å². The van der Waals surface area contributed by atoms with Gasteiger partial charge in [-0.3, -0.25) is 24.7 Å². The van der Waals surface area contributed by atoms with E-state index in [9.17, 15) is 33.6 Å². The Kier molecular flexibility index (Phi) is 40.4.